The first-order valence-electron chi connectivity index (χ1n) is 24.8. The van der Waals surface area contributed by atoms with E-state index in [0.717, 1.165) is 0 Å². The molecule has 0 radical (unpaired) electrons. The Morgan fingerprint density at radius 1 is 0.429 bits per heavy atom. The third-order valence-electron chi connectivity index (χ3n) is 11.1. The highest BCUT2D eigenvalue weighted by Crippen LogP contribution is 2.14. The van der Waals surface area contributed by atoms with E-state index in [-0.39, 0.29) is 62.2 Å². The molecule has 20 nitrogen and oxygen atoms in total. The number of thioether (sulfide) groups is 2. The highest BCUT2D eigenvalue weighted by Gasteiger charge is 2.36. The summed E-state index contributed by atoms with van der Waals surface area (Å²) in [5.74, 6) is -6.05. The van der Waals surface area contributed by atoms with Gasteiger partial charge in [0, 0.05) is 0 Å². The Bertz CT molecular complexity index is 1670. The fraction of sp³-hybridized carbons (Fsp3) is 0.812. The predicted molar refractivity (Wildman–Crippen MR) is 278 cm³/mol. The molecule has 0 heterocycles. The number of carbonyl (C=O) groups is 9. The molecule has 404 valence electrons. The fourth-order valence-corrected chi connectivity index (χ4v) is 8.20. The Balaban J connectivity index is 6.49. The maximum absolute atomic E-state index is 14.1. The van der Waals surface area contributed by atoms with Crippen LogP contribution in [0, 0.1) is 29.6 Å². The van der Waals surface area contributed by atoms with Crippen LogP contribution in [-0.2, 0) is 43.2 Å². The number of rotatable bonds is 36. The molecular formula is C48H90N10O10S2. The van der Waals surface area contributed by atoms with Crippen LogP contribution >= 0.6 is 23.5 Å². The molecule has 0 aliphatic carbocycles. The van der Waals surface area contributed by atoms with Gasteiger partial charge in [0.15, 0.2) is 0 Å². The van der Waals surface area contributed by atoms with Crippen molar-refractivity contribution in [3.05, 3.63) is 0 Å². The van der Waals surface area contributed by atoms with Gasteiger partial charge in [0.25, 0.3) is 0 Å². The number of nitrogens with one attached hydrogen (secondary N) is 8. The summed E-state index contributed by atoms with van der Waals surface area (Å²) in [7, 11) is 0. The molecule has 13 N–H and O–H groups in total. The molecule has 0 aliphatic heterocycles. The van der Waals surface area contributed by atoms with Crippen molar-refractivity contribution < 1.29 is 48.3 Å². The number of nitrogens with two attached hydrogens (primary N) is 2. The number of unbranched alkanes of at least 4 members (excludes halogenated alkanes) is 1. The second-order valence-electron chi connectivity index (χ2n) is 20.1. The molecule has 0 spiro atoms. The summed E-state index contributed by atoms with van der Waals surface area (Å²) < 4.78 is 0. The second kappa shape index (κ2) is 35.1. The number of carbonyl (C=O) groups excluding carboxylic acids is 8. The van der Waals surface area contributed by atoms with Gasteiger partial charge < -0.3 is 59.1 Å². The number of aliphatic carboxylic acids is 1. The van der Waals surface area contributed by atoms with Gasteiger partial charge in [-0.3, -0.25) is 43.2 Å². The van der Waals surface area contributed by atoms with Gasteiger partial charge in [0.2, 0.25) is 47.3 Å². The molecule has 0 aromatic rings. The molecule has 70 heavy (non-hydrogen) atoms. The monoisotopic (exact) mass is 1030 g/mol. The third kappa shape index (κ3) is 26.9. The van der Waals surface area contributed by atoms with E-state index in [4.69, 9.17) is 11.5 Å². The Hall–Kier alpha value is -4.15. The Morgan fingerprint density at radius 2 is 0.743 bits per heavy atom. The minimum atomic E-state index is -1.24. The standard InChI is InChI=1S/C48H90N10O10S2/c1-26(2)22-35(43(62)51-31(11)48(67)68)55-41(60)33(17-20-69-12)52-45(64)38(25-29(7)8)57-47(66)39(30(9)10)58-42(61)34(18-21-70-13)53-44(63)37(24-28(5)6)56-46(65)36(23-27(3)4)54-40(59)32(50)16-14-15-19-49/h26-39H,14-25,49-50H2,1-13H3,(H,51,62)(H,52,64)(H,53,63)(H,54,59)(H,55,60)(H,56,65)(H,57,66)(H,58,61)(H,67,68)/t31-,32-,33-,34-,35-,36-,37-,38-,39-/m0/s1. The van der Waals surface area contributed by atoms with Crippen molar-refractivity contribution in [2.75, 3.05) is 30.6 Å². The summed E-state index contributed by atoms with van der Waals surface area (Å²) in [5.41, 5.74) is 11.7. The van der Waals surface area contributed by atoms with Crippen LogP contribution in [-0.4, -0.2) is 143 Å². The van der Waals surface area contributed by atoms with E-state index in [1.54, 1.807) is 13.8 Å². The lowest BCUT2D eigenvalue weighted by Gasteiger charge is -2.30. The Labute approximate surface area is 425 Å². The molecule has 22 heteroatoms. The van der Waals surface area contributed by atoms with E-state index in [9.17, 15) is 48.3 Å². The van der Waals surface area contributed by atoms with Gasteiger partial charge in [0.05, 0.1) is 6.04 Å². The molecule has 0 rings (SSSR count). The van der Waals surface area contributed by atoms with Gasteiger partial charge in [0.1, 0.15) is 48.3 Å². The number of amides is 8. The van der Waals surface area contributed by atoms with E-state index in [2.05, 4.69) is 42.5 Å². The highest BCUT2D eigenvalue weighted by atomic mass is 32.2. The maximum Gasteiger partial charge on any atom is 0.325 e. The molecule has 0 aromatic heterocycles. The van der Waals surface area contributed by atoms with Crippen LogP contribution < -0.4 is 54.0 Å². The first-order valence-corrected chi connectivity index (χ1v) is 27.6. The van der Waals surface area contributed by atoms with Crippen LogP contribution in [0.1, 0.15) is 134 Å². The van der Waals surface area contributed by atoms with Crippen molar-refractivity contribution in [2.24, 2.45) is 41.1 Å². The molecule has 0 aliphatic rings. The predicted octanol–water partition coefficient (Wildman–Crippen LogP) is 1.77. The van der Waals surface area contributed by atoms with Crippen LogP contribution in [0.15, 0.2) is 0 Å². The summed E-state index contributed by atoms with van der Waals surface area (Å²) in [5, 5.41) is 31.2. The van der Waals surface area contributed by atoms with Crippen molar-refractivity contribution in [3.63, 3.8) is 0 Å². The zero-order chi connectivity index (χ0) is 53.8. The van der Waals surface area contributed by atoms with Gasteiger partial charge in [-0.25, -0.2) is 0 Å². The van der Waals surface area contributed by atoms with E-state index >= 15 is 0 Å². The third-order valence-corrected chi connectivity index (χ3v) is 12.4. The lowest BCUT2D eigenvalue weighted by Crippen LogP contribution is -2.61. The van der Waals surface area contributed by atoms with Gasteiger partial charge >= 0.3 is 5.97 Å². The quantitative estimate of drug-likeness (QED) is 0.0399. The Morgan fingerprint density at radius 3 is 1.07 bits per heavy atom. The molecule has 8 amide bonds. The zero-order valence-corrected chi connectivity index (χ0v) is 45.8. The first kappa shape index (κ1) is 65.8. The molecule has 0 fully saturated rings. The molecular weight excluding hydrogens is 941 g/mol. The molecule has 0 unspecified atom stereocenters. The molecule has 9 atom stereocenters. The summed E-state index contributed by atoms with van der Waals surface area (Å²) >= 11 is 2.88. The summed E-state index contributed by atoms with van der Waals surface area (Å²) in [4.78, 5) is 122. The number of hydrogen-bond donors (Lipinski definition) is 11. The molecule has 0 saturated heterocycles. The molecule has 0 saturated carbocycles. The van der Waals surface area contributed by atoms with Crippen molar-refractivity contribution in [1.82, 2.24) is 42.5 Å². The molecule has 0 aromatic carbocycles. The normalized spacial score (nSPS) is 15.4. The number of hydrogen-bond acceptors (Lipinski definition) is 13. The van der Waals surface area contributed by atoms with E-state index in [0.29, 0.717) is 37.3 Å². The number of carboxylic acid groups (broad SMARTS) is 1. The van der Waals surface area contributed by atoms with Crippen molar-refractivity contribution >= 4 is 76.8 Å². The van der Waals surface area contributed by atoms with Crippen LogP contribution in [0.2, 0.25) is 0 Å². The SMILES string of the molecule is CSCC[C@H](NC(=O)[C@H](CC(C)C)NC(=O)[C@@H](NC(=O)[C@H](CCSC)NC(=O)[C@H](CC(C)C)NC(=O)[C@H](CC(C)C)NC(=O)[C@@H](N)CCCCN)C(C)C)C(=O)N[C@@H](CC(C)C)C(=O)N[C@@H](C)C(=O)O. The molecule has 0 bridgehead atoms. The summed E-state index contributed by atoms with van der Waals surface area (Å²) in [6.07, 6.45) is 6.64. The highest BCUT2D eigenvalue weighted by molar-refractivity contribution is 7.98. The van der Waals surface area contributed by atoms with Crippen LogP contribution in [0.25, 0.3) is 0 Å². The largest absolute Gasteiger partial charge is 0.480 e. The van der Waals surface area contributed by atoms with Crippen molar-refractivity contribution in [2.45, 2.75) is 188 Å². The van der Waals surface area contributed by atoms with E-state index < -0.39 is 114 Å². The maximum atomic E-state index is 14.1. The second-order valence-corrected chi connectivity index (χ2v) is 22.1. The average Bonchev–Trinajstić information content (AvgIpc) is 3.25. The summed E-state index contributed by atoms with van der Waals surface area (Å²) in [6.45, 7) is 20.2. The van der Waals surface area contributed by atoms with Gasteiger partial charge in [-0.2, -0.15) is 23.5 Å². The van der Waals surface area contributed by atoms with Gasteiger partial charge in [-0.1, -0.05) is 75.7 Å². The van der Waals surface area contributed by atoms with E-state index in [1.165, 1.54) is 30.4 Å². The topological polar surface area (TPSA) is 322 Å². The average molecular weight is 1030 g/mol. The smallest absolute Gasteiger partial charge is 0.325 e. The fourth-order valence-electron chi connectivity index (χ4n) is 7.25. The van der Waals surface area contributed by atoms with Crippen LogP contribution in [0.5, 0.6) is 0 Å². The minimum Gasteiger partial charge on any atom is -0.480 e. The number of carboxylic acids is 1. The lowest BCUT2D eigenvalue weighted by molar-refractivity contribution is -0.142. The van der Waals surface area contributed by atoms with Crippen LogP contribution in [0.4, 0.5) is 0 Å². The van der Waals surface area contributed by atoms with Gasteiger partial charge in [-0.15, -0.1) is 0 Å². The zero-order valence-electron chi connectivity index (χ0n) is 44.2. The lowest BCUT2D eigenvalue weighted by atomic mass is 9.98. The van der Waals surface area contributed by atoms with Crippen LogP contribution in [0.3, 0.4) is 0 Å². The first-order chi connectivity index (χ1) is 32.7. The van der Waals surface area contributed by atoms with Crippen molar-refractivity contribution in [1.29, 1.82) is 0 Å². The minimum absolute atomic E-state index is 0.00272. The van der Waals surface area contributed by atoms with E-state index in [1.807, 2.05) is 67.9 Å². The Kier molecular flexibility index (Phi) is 33.0. The van der Waals surface area contributed by atoms with Crippen molar-refractivity contribution in [3.8, 4) is 0 Å². The van der Waals surface area contributed by atoms with Gasteiger partial charge in [-0.05, 0) is 118 Å². The summed E-state index contributed by atoms with van der Waals surface area (Å²) in [6, 6.07) is -9.76.